The first kappa shape index (κ1) is 13.9. The average molecular weight is 292 g/mol. The molecular weight excluding hydrogens is 270 g/mol. The third kappa shape index (κ3) is 2.13. The maximum absolute atomic E-state index is 6.17. The van der Waals surface area contributed by atoms with Gasteiger partial charge in [0.1, 0.15) is 5.82 Å². The fourth-order valence-corrected chi connectivity index (χ4v) is 3.53. The lowest BCUT2D eigenvalue weighted by Crippen LogP contribution is -2.38. The fourth-order valence-electron chi connectivity index (χ4n) is 3.37. The molecule has 0 aliphatic carbocycles. The van der Waals surface area contributed by atoms with Crippen LogP contribution in [0.25, 0.3) is 11.0 Å². The lowest BCUT2D eigenvalue weighted by atomic mass is 9.93. The number of aryl methyl sites for hydroxylation is 1. The quantitative estimate of drug-likeness (QED) is 0.919. The Bertz CT molecular complexity index is 611. The van der Waals surface area contributed by atoms with Gasteiger partial charge in [-0.25, -0.2) is 4.98 Å². The van der Waals surface area contributed by atoms with Crippen LogP contribution >= 0.6 is 11.6 Å². The van der Waals surface area contributed by atoms with E-state index in [2.05, 4.69) is 23.7 Å². The van der Waals surface area contributed by atoms with Crippen molar-refractivity contribution in [2.75, 3.05) is 6.54 Å². The molecule has 0 amide bonds. The van der Waals surface area contributed by atoms with Gasteiger partial charge in [-0.2, -0.15) is 0 Å². The minimum atomic E-state index is 0.0423. The van der Waals surface area contributed by atoms with Gasteiger partial charge in [-0.3, -0.25) is 0 Å². The van der Waals surface area contributed by atoms with Crippen LogP contribution in [-0.2, 0) is 12.1 Å². The van der Waals surface area contributed by atoms with Crippen molar-refractivity contribution in [3.63, 3.8) is 0 Å². The van der Waals surface area contributed by atoms with Crippen molar-refractivity contribution < 1.29 is 0 Å². The van der Waals surface area contributed by atoms with E-state index in [1.165, 1.54) is 18.7 Å². The molecule has 0 radical (unpaired) electrons. The summed E-state index contributed by atoms with van der Waals surface area (Å²) in [5.74, 6) is 1.19. The van der Waals surface area contributed by atoms with Crippen molar-refractivity contribution in [1.29, 1.82) is 0 Å². The molecule has 3 nitrogen and oxygen atoms in total. The highest BCUT2D eigenvalue weighted by Crippen LogP contribution is 2.35. The van der Waals surface area contributed by atoms with Crippen molar-refractivity contribution in [2.24, 2.45) is 0 Å². The van der Waals surface area contributed by atoms with Crippen LogP contribution in [0.15, 0.2) is 18.2 Å². The highest BCUT2D eigenvalue weighted by atomic mass is 35.5. The predicted octanol–water partition coefficient (Wildman–Crippen LogP) is 4.09. The molecule has 20 heavy (non-hydrogen) atoms. The molecule has 0 spiro atoms. The average Bonchev–Trinajstić information content (AvgIpc) is 3.05. The number of nitrogens with one attached hydrogen (secondary N) is 1. The number of fused-ring (bicyclic) bond motifs is 1. The van der Waals surface area contributed by atoms with E-state index in [1.807, 2.05) is 18.2 Å². The molecular formula is C16H22ClN3. The van der Waals surface area contributed by atoms with E-state index >= 15 is 0 Å². The third-order valence-corrected chi connectivity index (χ3v) is 4.67. The number of halogens is 1. The van der Waals surface area contributed by atoms with Crippen LogP contribution in [0.5, 0.6) is 0 Å². The minimum Gasteiger partial charge on any atom is -0.326 e. The van der Waals surface area contributed by atoms with E-state index < -0.39 is 0 Å². The van der Waals surface area contributed by atoms with E-state index in [1.54, 1.807) is 0 Å². The predicted molar refractivity (Wildman–Crippen MR) is 84.2 cm³/mol. The van der Waals surface area contributed by atoms with Gasteiger partial charge in [0.05, 0.1) is 16.6 Å². The molecule has 3 rings (SSSR count). The van der Waals surface area contributed by atoms with Crippen LogP contribution in [-0.4, -0.2) is 16.1 Å². The smallest absolute Gasteiger partial charge is 0.130 e. The van der Waals surface area contributed by atoms with E-state index in [9.17, 15) is 0 Å². The van der Waals surface area contributed by atoms with Gasteiger partial charge in [-0.15, -0.1) is 0 Å². The molecule has 1 N–H and O–H groups in total. The lowest BCUT2D eigenvalue weighted by Gasteiger charge is -2.28. The zero-order valence-corrected chi connectivity index (χ0v) is 13.0. The van der Waals surface area contributed by atoms with Crippen molar-refractivity contribution in [1.82, 2.24) is 14.9 Å². The molecule has 1 aromatic carbocycles. The van der Waals surface area contributed by atoms with Crippen molar-refractivity contribution in [3.05, 3.63) is 29.0 Å². The fraction of sp³-hybridized carbons (Fsp3) is 0.562. The Hall–Kier alpha value is -1.06. The summed E-state index contributed by atoms with van der Waals surface area (Å²) in [7, 11) is 0. The summed E-state index contributed by atoms with van der Waals surface area (Å²) in [6.45, 7) is 6.54. The van der Waals surface area contributed by atoms with E-state index in [-0.39, 0.29) is 5.54 Å². The summed E-state index contributed by atoms with van der Waals surface area (Å²) >= 11 is 6.17. The molecule has 0 saturated carbocycles. The molecule has 2 aromatic rings. The second kappa shape index (κ2) is 5.38. The number of imidazole rings is 1. The van der Waals surface area contributed by atoms with E-state index in [0.29, 0.717) is 0 Å². The first-order chi connectivity index (χ1) is 9.70. The molecule has 4 heteroatoms. The first-order valence-corrected chi connectivity index (χ1v) is 7.99. The molecule has 1 aliphatic heterocycles. The molecule has 0 bridgehead atoms. The Morgan fingerprint density at radius 3 is 2.90 bits per heavy atom. The van der Waals surface area contributed by atoms with Crippen LogP contribution in [0.1, 0.15) is 45.4 Å². The molecule has 108 valence electrons. The minimum absolute atomic E-state index is 0.0423. The molecule has 1 unspecified atom stereocenters. The van der Waals surface area contributed by atoms with Crippen molar-refractivity contribution >= 4 is 22.6 Å². The molecule has 2 heterocycles. The number of rotatable bonds is 4. The van der Waals surface area contributed by atoms with Gasteiger partial charge in [0.2, 0.25) is 0 Å². The zero-order chi connectivity index (χ0) is 14.2. The van der Waals surface area contributed by atoms with E-state index in [4.69, 9.17) is 16.6 Å². The zero-order valence-electron chi connectivity index (χ0n) is 12.2. The Morgan fingerprint density at radius 2 is 2.25 bits per heavy atom. The monoisotopic (exact) mass is 291 g/mol. The van der Waals surface area contributed by atoms with Gasteiger partial charge in [0, 0.05) is 11.6 Å². The largest absolute Gasteiger partial charge is 0.326 e. The normalized spacial score (nSPS) is 22.8. The van der Waals surface area contributed by atoms with Crippen LogP contribution < -0.4 is 5.32 Å². The SMILES string of the molecule is CCCn1c(C2(CC)CCCN2)nc2ccc(Cl)cc21. The number of aromatic nitrogens is 2. The summed E-state index contributed by atoms with van der Waals surface area (Å²) in [5.41, 5.74) is 2.26. The Labute approximate surface area is 125 Å². The summed E-state index contributed by atoms with van der Waals surface area (Å²) in [5, 5.41) is 4.48. The van der Waals surface area contributed by atoms with Gasteiger partial charge in [0.25, 0.3) is 0 Å². The highest BCUT2D eigenvalue weighted by molar-refractivity contribution is 6.31. The topological polar surface area (TPSA) is 29.9 Å². The molecule has 1 aliphatic rings. The number of nitrogens with zero attached hydrogens (tertiary/aromatic N) is 2. The Kier molecular flexibility index (Phi) is 3.74. The maximum Gasteiger partial charge on any atom is 0.130 e. The van der Waals surface area contributed by atoms with Crippen LogP contribution in [0.4, 0.5) is 0 Å². The number of hydrogen-bond acceptors (Lipinski definition) is 2. The second-order valence-electron chi connectivity index (χ2n) is 5.69. The van der Waals surface area contributed by atoms with Gasteiger partial charge < -0.3 is 9.88 Å². The third-order valence-electron chi connectivity index (χ3n) is 4.43. The second-order valence-corrected chi connectivity index (χ2v) is 6.12. The molecule has 1 aromatic heterocycles. The Balaban J connectivity index is 2.21. The number of benzene rings is 1. The summed E-state index contributed by atoms with van der Waals surface area (Å²) in [6.07, 6.45) is 4.58. The lowest BCUT2D eigenvalue weighted by molar-refractivity contribution is 0.338. The summed E-state index contributed by atoms with van der Waals surface area (Å²) in [6, 6.07) is 6.00. The standard InChI is InChI=1S/C16H22ClN3/c1-3-10-20-14-11-12(17)6-7-13(14)19-15(20)16(4-2)8-5-9-18-16/h6-7,11,18H,3-5,8-10H2,1-2H3. The van der Waals surface area contributed by atoms with Crippen LogP contribution in [0, 0.1) is 0 Å². The summed E-state index contributed by atoms with van der Waals surface area (Å²) < 4.78 is 2.36. The Morgan fingerprint density at radius 1 is 1.40 bits per heavy atom. The summed E-state index contributed by atoms with van der Waals surface area (Å²) in [4.78, 5) is 4.94. The maximum atomic E-state index is 6.17. The highest BCUT2D eigenvalue weighted by Gasteiger charge is 2.38. The molecule has 1 saturated heterocycles. The van der Waals surface area contributed by atoms with Gasteiger partial charge in [-0.05, 0) is 50.4 Å². The molecule has 1 fully saturated rings. The van der Waals surface area contributed by atoms with Crippen molar-refractivity contribution in [3.8, 4) is 0 Å². The van der Waals surface area contributed by atoms with E-state index in [0.717, 1.165) is 42.0 Å². The van der Waals surface area contributed by atoms with Gasteiger partial charge in [0.15, 0.2) is 0 Å². The molecule has 1 atom stereocenters. The van der Waals surface area contributed by atoms with Crippen LogP contribution in [0.2, 0.25) is 5.02 Å². The number of hydrogen-bond donors (Lipinski definition) is 1. The van der Waals surface area contributed by atoms with Gasteiger partial charge in [-0.1, -0.05) is 25.4 Å². The first-order valence-electron chi connectivity index (χ1n) is 7.61. The van der Waals surface area contributed by atoms with Crippen molar-refractivity contribution in [2.45, 2.75) is 51.6 Å². The van der Waals surface area contributed by atoms with Gasteiger partial charge >= 0.3 is 0 Å². The van der Waals surface area contributed by atoms with Crippen LogP contribution in [0.3, 0.4) is 0 Å².